The molecule has 0 bridgehead atoms. The molecule has 0 amide bonds. The van der Waals surface area contributed by atoms with E-state index in [1.54, 1.807) is 0 Å². The van der Waals surface area contributed by atoms with Gasteiger partial charge in [0.05, 0.1) is 0 Å². The zero-order chi connectivity index (χ0) is 15.4. The Bertz CT molecular complexity index is 414. The second-order valence-corrected chi connectivity index (χ2v) is 3.88. The quantitative estimate of drug-likeness (QED) is 0.822. The first-order valence-corrected chi connectivity index (χ1v) is 5.38. The summed E-state index contributed by atoms with van der Waals surface area (Å²) >= 11 is 0. The van der Waals surface area contributed by atoms with Gasteiger partial charge in [-0.1, -0.05) is 12.1 Å². The molecular formula is C11H11F6NO2. The summed E-state index contributed by atoms with van der Waals surface area (Å²) in [5.41, 5.74) is 0.453. The van der Waals surface area contributed by atoms with Gasteiger partial charge < -0.3 is 15.2 Å². The molecule has 0 fully saturated rings. The molecule has 9 heteroatoms. The van der Waals surface area contributed by atoms with Gasteiger partial charge in [-0.3, -0.25) is 0 Å². The average Bonchev–Trinajstić information content (AvgIpc) is 2.28. The maximum absolute atomic E-state index is 12.0. The van der Waals surface area contributed by atoms with Gasteiger partial charge in [-0.25, -0.2) is 0 Å². The highest BCUT2D eigenvalue weighted by Gasteiger charge is 2.37. The fraction of sp³-hybridized carbons (Fsp3) is 0.455. The lowest BCUT2D eigenvalue weighted by Gasteiger charge is -2.15. The van der Waals surface area contributed by atoms with Crippen molar-refractivity contribution in [2.45, 2.75) is 25.2 Å². The zero-order valence-corrected chi connectivity index (χ0v) is 9.92. The van der Waals surface area contributed by atoms with Gasteiger partial charge in [-0.05, 0) is 17.7 Å². The highest BCUT2D eigenvalue weighted by Crippen LogP contribution is 2.23. The molecule has 20 heavy (non-hydrogen) atoms. The summed E-state index contributed by atoms with van der Waals surface area (Å²) < 4.78 is 75.2. The summed E-state index contributed by atoms with van der Waals surface area (Å²) in [4.78, 5) is 0. The van der Waals surface area contributed by atoms with Gasteiger partial charge in [0, 0.05) is 13.1 Å². The molecule has 0 saturated heterocycles. The fourth-order valence-electron chi connectivity index (χ4n) is 1.28. The van der Waals surface area contributed by atoms with Gasteiger partial charge in [0.1, 0.15) is 5.75 Å². The molecule has 1 aromatic carbocycles. The van der Waals surface area contributed by atoms with Crippen LogP contribution in [-0.4, -0.2) is 30.3 Å². The molecular weight excluding hydrogens is 292 g/mol. The normalized spacial score (nSPS) is 14.2. The maximum Gasteiger partial charge on any atom is 0.573 e. The number of nitrogens with one attached hydrogen (secondary N) is 1. The minimum absolute atomic E-state index is 0.0283. The second kappa shape index (κ2) is 6.31. The Morgan fingerprint density at radius 1 is 1.05 bits per heavy atom. The Morgan fingerprint density at radius 3 is 2.05 bits per heavy atom. The highest BCUT2D eigenvalue weighted by atomic mass is 19.4. The molecule has 114 valence electrons. The van der Waals surface area contributed by atoms with Crippen LogP contribution in [0, 0.1) is 0 Å². The van der Waals surface area contributed by atoms with Crippen LogP contribution in [0.2, 0.25) is 0 Å². The molecule has 0 aromatic heterocycles. The third-order valence-corrected chi connectivity index (χ3v) is 2.20. The molecule has 0 unspecified atom stereocenters. The van der Waals surface area contributed by atoms with E-state index in [1.165, 1.54) is 12.1 Å². The van der Waals surface area contributed by atoms with Crippen LogP contribution in [0.25, 0.3) is 0 Å². The molecule has 0 saturated carbocycles. The Kier molecular flexibility index (Phi) is 5.23. The number of aliphatic hydroxyl groups is 1. The van der Waals surface area contributed by atoms with Gasteiger partial charge >= 0.3 is 12.5 Å². The molecule has 1 aromatic rings. The third-order valence-electron chi connectivity index (χ3n) is 2.20. The van der Waals surface area contributed by atoms with E-state index in [1.807, 2.05) is 0 Å². The molecule has 1 atom stereocenters. The Labute approximate surface area is 110 Å². The van der Waals surface area contributed by atoms with E-state index in [9.17, 15) is 26.3 Å². The third kappa shape index (κ3) is 6.11. The molecule has 0 aliphatic heterocycles. The largest absolute Gasteiger partial charge is 0.573 e. The van der Waals surface area contributed by atoms with Crippen molar-refractivity contribution in [2.24, 2.45) is 0 Å². The summed E-state index contributed by atoms with van der Waals surface area (Å²) in [6.45, 7) is -0.732. The van der Waals surface area contributed by atoms with Crippen molar-refractivity contribution in [1.29, 1.82) is 0 Å². The monoisotopic (exact) mass is 303 g/mol. The lowest BCUT2D eigenvalue weighted by atomic mass is 10.2. The number of halogens is 6. The molecule has 0 aliphatic carbocycles. The van der Waals surface area contributed by atoms with Crippen LogP contribution < -0.4 is 10.1 Å². The molecule has 0 aliphatic rings. The SMILES string of the molecule is O[C@@H](CNCc1ccc(OC(F)(F)F)cc1)C(F)(F)F. The number of aliphatic hydroxyl groups excluding tert-OH is 1. The number of hydrogen-bond acceptors (Lipinski definition) is 3. The van der Waals surface area contributed by atoms with Crippen LogP contribution in [0.15, 0.2) is 24.3 Å². The van der Waals surface area contributed by atoms with E-state index in [0.717, 1.165) is 12.1 Å². The number of hydrogen-bond donors (Lipinski definition) is 2. The average molecular weight is 303 g/mol. The lowest BCUT2D eigenvalue weighted by Crippen LogP contribution is -2.38. The first-order chi connectivity index (χ1) is 9.08. The van der Waals surface area contributed by atoms with Crippen LogP contribution in [0.3, 0.4) is 0 Å². The van der Waals surface area contributed by atoms with Crippen LogP contribution in [0.4, 0.5) is 26.3 Å². The first kappa shape index (κ1) is 16.6. The minimum Gasteiger partial charge on any atom is -0.406 e. The summed E-state index contributed by atoms with van der Waals surface area (Å²) in [5, 5.41) is 11.0. The maximum atomic E-state index is 12.0. The number of benzene rings is 1. The predicted octanol–water partition coefficient (Wildman–Crippen LogP) is 2.60. The number of alkyl halides is 6. The van der Waals surface area contributed by atoms with Gasteiger partial charge in [-0.2, -0.15) is 13.2 Å². The van der Waals surface area contributed by atoms with Crippen molar-refractivity contribution in [3.8, 4) is 5.75 Å². The standard InChI is InChI=1S/C11H11F6NO2/c12-10(13,14)9(19)6-18-5-7-1-3-8(4-2-7)20-11(15,16)17/h1-4,9,18-19H,5-6H2/t9-/m0/s1. The molecule has 0 heterocycles. The summed E-state index contributed by atoms with van der Waals surface area (Å²) in [6, 6.07) is 4.64. The van der Waals surface area contributed by atoms with Crippen LogP contribution in [-0.2, 0) is 6.54 Å². The van der Waals surface area contributed by atoms with Crippen molar-refractivity contribution >= 4 is 0 Å². The van der Waals surface area contributed by atoms with E-state index in [2.05, 4.69) is 10.1 Å². The van der Waals surface area contributed by atoms with Gasteiger partial charge in [0.2, 0.25) is 0 Å². The van der Waals surface area contributed by atoms with Crippen molar-refractivity contribution in [1.82, 2.24) is 5.32 Å². The molecule has 1 rings (SSSR count). The number of ether oxygens (including phenoxy) is 1. The van der Waals surface area contributed by atoms with Crippen LogP contribution in [0.1, 0.15) is 5.56 Å². The van der Waals surface area contributed by atoms with E-state index >= 15 is 0 Å². The predicted molar refractivity (Wildman–Crippen MR) is 56.9 cm³/mol. The van der Waals surface area contributed by atoms with Gasteiger partial charge in [0.15, 0.2) is 6.10 Å². The summed E-state index contributed by atoms with van der Waals surface area (Å²) in [6.07, 6.45) is -12.0. The van der Waals surface area contributed by atoms with Crippen molar-refractivity contribution in [3.63, 3.8) is 0 Å². The number of rotatable bonds is 5. The zero-order valence-electron chi connectivity index (χ0n) is 9.92. The lowest BCUT2D eigenvalue weighted by molar-refractivity contribution is -0.274. The van der Waals surface area contributed by atoms with E-state index < -0.39 is 30.9 Å². The Morgan fingerprint density at radius 2 is 1.60 bits per heavy atom. The topological polar surface area (TPSA) is 41.5 Å². The van der Waals surface area contributed by atoms with E-state index in [0.29, 0.717) is 5.56 Å². The minimum atomic E-state index is -4.80. The van der Waals surface area contributed by atoms with Crippen molar-refractivity contribution in [3.05, 3.63) is 29.8 Å². The van der Waals surface area contributed by atoms with Gasteiger partial charge in [0.25, 0.3) is 0 Å². The first-order valence-electron chi connectivity index (χ1n) is 5.38. The van der Waals surface area contributed by atoms with Crippen LogP contribution in [0.5, 0.6) is 5.75 Å². The summed E-state index contributed by atoms with van der Waals surface area (Å²) in [7, 11) is 0. The molecule has 0 spiro atoms. The van der Waals surface area contributed by atoms with Gasteiger partial charge in [-0.15, -0.1) is 13.2 Å². The molecule has 0 radical (unpaired) electrons. The van der Waals surface area contributed by atoms with Crippen LogP contribution >= 0.6 is 0 Å². The Hall–Kier alpha value is -1.48. The Balaban J connectivity index is 2.43. The fourth-order valence-corrected chi connectivity index (χ4v) is 1.28. The molecule has 2 N–H and O–H groups in total. The summed E-state index contributed by atoms with van der Waals surface area (Å²) in [5.74, 6) is -0.420. The van der Waals surface area contributed by atoms with E-state index in [4.69, 9.17) is 5.11 Å². The second-order valence-electron chi connectivity index (χ2n) is 3.88. The van der Waals surface area contributed by atoms with Crippen molar-refractivity contribution < 1.29 is 36.2 Å². The smallest absolute Gasteiger partial charge is 0.406 e. The molecule has 3 nitrogen and oxygen atoms in total. The van der Waals surface area contributed by atoms with E-state index in [-0.39, 0.29) is 6.54 Å². The van der Waals surface area contributed by atoms with Crippen molar-refractivity contribution in [2.75, 3.05) is 6.54 Å². The highest BCUT2D eigenvalue weighted by molar-refractivity contribution is 5.27.